The molecule has 0 saturated heterocycles. The van der Waals surface area contributed by atoms with Gasteiger partial charge < -0.3 is 20.1 Å². The van der Waals surface area contributed by atoms with Crippen LogP contribution in [0.5, 0.6) is 0 Å². The zero-order chi connectivity index (χ0) is 63.0. The first kappa shape index (κ1) is 85.0. The fourth-order valence-corrected chi connectivity index (χ4v) is 12.3. The second kappa shape index (κ2) is 73.0. The number of unbranched alkanes of at least 4 members (excludes halogenated alkanes) is 52. The van der Waals surface area contributed by atoms with Crippen LogP contribution in [-0.2, 0) is 32.7 Å². The summed E-state index contributed by atoms with van der Waals surface area (Å²) in [6.07, 6.45) is 93.8. The largest absolute Gasteiger partial charge is 0.472 e. The van der Waals surface area contributed by atoms with E-state index in [0.717, 1.165) is 44.9 Å². The molecule has 0 aliphatic rings. The Hall–Kier alpha value is -2.03. The minimum atomic E-state index is -4.39. The maximum Gasteiger partial charge on any atom is 0.472 e. The predicted octanol–water partition coefficient (Wildman–Crippen LogP) is 25.2. The van der Waals surface area contributed by atoms with Crippen molar-refractivity contribution in [3.63, 3.8) is 0 Å². The first-order chi connectivity index (χ1) is 42.8. The first-order valence-corrected chi connectivity index (χ1v) is 39.6. The summed E-state index contributed by atoms with van der Waals surface area (Å²) in [7, 11) is -4.39. The average Bonchev–Trinajstić information content (AvgIpc) is 3.65. The molecule has 87 heavy (non-hydrogen) atoms. The van der Waals surface area contributed by atoms with Crippen molar-refractivity contribution >= 4 is 19.8 Å². The Morgan fingerprint density at radius 1 is 0.345 bits per heavy atom. The molecule has 2 atom stereocenters. The van der Waals surface area contributed by atoms with E-state index in [1.807, 2.05) is 0 Å². The number of phosphoric ester groups is 1. The van der Waals surface area contributed by atoms with Crippen LogP contribution in [0, 0.1) is 0 Å². The van der Waals surface area contributed by atoms with E-state index in [1.165, 1.54) is 321 Å². The molecule has 0 aliphatic carbocycles. The van der Waals surface area contributed by atoms with Crippen molar-refractivity contribution in [3.8, 4) is 0 Å². The lowest BCUT2D eigenvalue weighted by Crippen LogP contribution is -2.29. The number of allylic oxidation sites excluding steroid dienone is 8. The lowest BCUT2D eigenvalue weighted by molar-refractivity contribution is -0.161. The van der Waals surface area contributed by atoms with E-state index >= 15 is 0 Å². The van der Waals surface area contributed by atoms with E-state index in [4.69, 9.17) is 24.3 Å². The van der Waals surface area contributed by atoms with E-state index in [0.29, 0.717) is 6.42 Å². The number of hydrogen-bond acceptors (Lipinski definition) is 8. The third-order valence-corrected chi connectivity index (χ3v) is 18.2. The molecule has 0 fully saturated rings. The fraction of sp³-hybridized carbons (Fsp3) is 0.870. The standard InChI is InChI=1S/C77H146NO8P/c1-3-5-7-9-11-13-15-17-19-21-23-25-27-29-30-31-32-33-34-35-36-37-38-39-40-41-42-43-44-46-48-50-52-54-56-58-60-62-64-66-68-70-77(80)86-75(74-85-87(81,82)84-72-71-78)73-83-76(79)69-67-65-63-61-59-57-55-53-51-49-47-45-28-26-24-22-20-18-16-14-12-10-8-6-4-2/h15,17,21-24,27,29,75H,3-14,16,18-20,25-26,28,30-74,78H2,1-2H3,(H,81,82)/b17-15-,23-21-,24-22-,29-27-. The van der Waals surface area contributed by atoms with Crippen molar-refractivity contribution in [1.29, 1.82) is 0 Å². The molecule has 0 amide bonds. The van der Waals surface area contributed by atoms with Gasteiger partial charge in [0, 0.05) is 19.4 Å². The van der Waals surface area contributed by atoms with Crippen LogP contribution in [0.1, 0.15) is 399 Å². The molecule has 512 valence electrons. The Labute approximate surface area is 540 Å². The third-order valence-electron chi connectivity index (χ3n) is 17.2. The van der Waals surface area contributed by atoms with Crippen molar-refractivity contribution in [3.05, 3.63) is 48.6 Å². The van der Waals surface area contributed by atoms with Crippen LogP contribution in [-0.4, -0.2) is 49.3 Å². The molecule has 3 N–H and O–H groups in total. The second-order valence-electron chi connectivity index (χ2n) is 25.9. The molecule has 0 aromatic carbocycles. The number of phosphoric acid groups is 1. The van der Waals surface area contributed by atoms with E-state index in [-0.39, 0.29) is 38.6 Å². The Morgan fingerprint density at radius 2 is 0.598 bits per heavy atom. The Kier molecular flexibility index (Phi) is 71.3. The smallest absolute Gasteiger partial charge is 0.462 e. The zero-order valence-corrected chi connectivity index (χ0v) is 58.7. The van der Waals surface area contributed by atoms with Gasteiger partial charge in [0.2, 0.25) is 0 Å². The van der Waals surface area contributed by atoms with Crippen molar-refractivity contribution in [2.45, 2.75) is 405 Å². The molecule has 10 heteroatoms. The minimum Gasteiger partial charge on any atom is -0.462 e. The maximum atomic E-state index is 12.8. The lowest BCUT2D eigenvalue weighted by Gasteiger charge is -2.19. The number of carbonyl (C=O) groups is 2. The summed E-state index contributed by atoms with van der Waals surface area (Å²) in [4.78, 5) is 35.4. The normalized spacial score (nSPS) is 13.1. The summed E-state index contributed by atoms with van der Waals surface area (Å²) in [6, 6.07) is 0. The lowest BCUT2D eigenvalue weighted by atomic mass is 10.0. The van der Waals surface area contributed by atoms with Gasteiger partial charge >= 0.3 is 19.8 Å². The molecule has 0 aliphatic heterocycles. The number of ether oxygens (including phenoxy) is 2. The average molecular weight is 1240 g/mol. The molecule has 0 heterocycles. The first-order valence-electron chi connectivity index (χ1n) is 38.1. The summed E-state index contributed by atoms with van der Waals surface area (Å²) >= 11 is 0. The number of hydrogen-bond donors (Lipinski definition) is 2. The van der Waals surface area contributed by atoms with Gasteiger partial charge in [-0.15, -0.1) is 0 Å². The van der Waals surface area contributed by atoms with Gasteiger partial charge in [-0.05, 0) is 77.0 Å². The Bertz CT molecular complexity index is 1570. The summed E-state index contributed by atoms with van der Waals surface area (Å²) in [6.45, 7) is 3.80. The number of carbonyl (C=O) groups excluding carboxylic acids is 2. The summed E-state index contributed by atoms with van der Waals surface area (Å²) in [5.41, 5.74) is 5.41. The number of esters is 2. The van der Waals surface area contributed by atoms with Gasteiger partial charge in [0.25, 0.3) is 0 Å². The SMILES string of the molecule is CCCCCCC/C=C\C/C=C\C/C=C\CCCCCCCCCCCCCCCCCCCCCCCCCCCCC(=O)OC(COC(=O)CCCCCCCCCCCCCCC/C=C\CCCCCCCCCC)COP(=O)(O)OCCN. The van der Waals surface area contributed by atoms with E-state index in [2.05, 4.69) is 62.5 Å². The van der Waals surface area contributed by atoms with Gasteiger partial charge in [-0.3, -0.25) is 18.6 Å². The highest BCUT2D eigenvalue weighted by molar-refractivity contribution is 7.47. The molecule has 0 rings (SSSR count). The molecule has 0 bridgehead atoms. The van der Waals surface area contributed by atoms with Gasteiger partial charge in [-0.2, -0.15) is 0 Å². The molecule has 0 spiro atoms. The van der Waals surface area contributed by atoms with E-state index in [9.17, 15) is 19.0 Å². The number of nitrogens with two attached hydrogens (primary N) is 1. The van der Waals surface area contributed by atoms with Crippen molar-refractivity contribution in [1.82, 2.24) is 0 Å². The van der Waals surface area contributed by atoms with Crippen LogP contribution in [0.2, 0.25) is 0 Å². The monoisotopic (exact) mass is 1240 g/mol. The van der Waals surface area contributed by atoms with Crippen LogP contribution >= 0.6 is 7.82 Å². The molecule has 0 saturated carbocycles. The van der Waals surface area contributed by atoms with Crippen molar-refractivity contribution in [2.24, 2.45) is 5.73 Å². The Balaban J connectivity index is 3.75. The van der Waals surface area contributed by atoms with E-state index in [1.54, 1.807) is 0 Å². The topological polar surface area (TPSA) is 134 Å². The maximum absolute atomic E-state index is 12.8. The van der Waals surface area contributed by atoms with Crippen LogP contribution < -0.4 is 5.73 Å². The fourth-order valence-electron chi connectivity index (χ4n) is 11.5. The highest BCUT2D eigenvalue weighted by Gasteiger charge is 2.26. The highest BCUT2D eigenvalue weighted by Crippen LogP contribution is 2.43. The molecule has 2 unspecified atom stereocenters. The van der Waals surface area contributed by atoms with Gasteiger partial charge in [-0.25, -0.2) is 4.57 Å². The molecule has 9 nitrogen and oxygen atoms in total. The van der Waals surface area contributed by atoms with Crippen LogP contribution in [0.15, 0.2) is 48.6 Å². The molecule has 0 aromatic rings. The van der Waals surface area contributed by atoms with Gasteiger partial charge in [0.1, 0.15) is 6.61 Å². The zero-order valence-electron chi connectivity index (χ0n) is 57.8. The van der Waals surface area contributed by atoms with Crippen LogP contribution in [0.25, 0.3) is 0 Å². The predicted molar refractivity (Wildman–Crippen MR) is 377 cm³/mol. The van der Waals surface area contributed by atoms with Gasteiger partial charge in [-0.1, -0.05) is 358 Å². The molecular formula is C77H146NO8P. The van der Waals surface area contributed by atoms with Gasteiger partial charge in [0.15, 0.2) is 6.10 Å². The van der Waals surface area contributed by atoms with Crippen molar-refractivity contribution < 1.29 is 37.6 Å². The summed E-state index contributed by atoms with van der Waals surface area (Å²) in [5.74, 6) is -0.805. The van der Waals surface area contributed by atoms with Crippen LogP contribution in [0.4, 0.5) is 0 Å². The quantitative estimate of drug-likeness (QED) is 0.0264. The highest BCUT2D eigenvalue weighted by atomic mass is 31.2. The summed E-state index contributed by atoms with van der Waals surface area (Å²) in [5, 5.41) is 0. The van der Waals surface area contributed by atoms with E-state index < -0.39 is 26.5 Å². The minimum absolute atomic E-state index is 0.0557. The number of rotatable bonds is 73. The molecular weight excluding hydrogens is 1100 g/mol. The third kappa shape index (κ3) is 72.9. The molecule has 0 aromatic heterocycles. The van der Waals surface area contributed by atoms with Crippen LogP contribution in [0.3, 0.4) is 0 Å². The Morgan fingerprint density at radius 3 is 0.897 bits per heavy atom. The molecule has 0 radical (unpaired) electrons. The van der Waals surface area contributed by atoms with Gasteiger partial charge in [0.05, 0.1) is 13.2 Å². The summed E-state index contributed by atoms with van der Waals surface area (Å²) < 4.78 is 33.2. The van der Waals surface area contributed by atoms with Crippen molar-refractivity contribution in [2.75, 3.05) is 26.4 Å². The second-order valence-corrected chi connectivity index (χ2v) is 27.3.